The molecule has 4 nitrogen and oxygen atoms in total. The van der Waals surface area contributed by atoms with Gasteiger partial charge in [0, 0.05) is 26.2 Å². The van der Waals surface area contributed by atoms with Crippen molar-refractivity contribution in [3.05, 3.63) is 12.2 Å². The van der Waals surface area contributed by atoms with Crippen LogP contribution in [0.4, 0.5) is 0 Å². The van der Waals surface area contributed by atoms with E-state index in [4.69, 9.17) is 0 Å². The summed E-state index contributed by atoms with van der Waals surface area (Å²) in [6, 6.07) is 0. The van der Waals surface area contributed by atoms with E-state index in [0.717, 1.165) is 76.9 Å². The van der Waals surface area contributed by atoms with Gasteiger partial charge in [0.1, 0.15) is 0 Å². The second kappa shape index (κ2) is 8.11. The molecule has 0 saturated carbocycles. The van der Waals surface area contributed by atoms with Crippen molar-refractivity contribution in [3.63, 3.8) is 0 Å². The van der Waals surface area contributed by atoms with Crippen LogP contribution in [0.5, 0.6) is 0 Å². The van der Waals surface area contributed by atoms with Gasteiger partial charge in [0.25, 0.3) is 0 Å². The zero-order valence-corrected chi connectivity index (χ0v) is 15.2. The Labute approximate surface area is 142 Å². The number of hydrogen-bond donors (Lipinski definition) is 2. The highest BCUT2D eigenvalue weighted by molar-refractivity contribution is 5.17. The third-order valence-electron chi connectivity index (χ3n) is 5.75. The molecule has 2 aliphatic heterocycles. The molecule has 2 fully saturated rings. The number of piperidine rings is 2. The lowest BCUT2D eigenvalue weighted by Crippen LogP contribution is -2.49. The van der Waals surface area contributed by atoms with E-state index >= 15 is 0 Å². The van der Waals surface area contributed by atoms with Crippen LogP contribution in [0.1, 0.15) is 58.8 Å². The topological polar surface area (TPSA) is 46.9 Å². The summed E-state index contributed by atoms with van der Waals surface area (Å²) in [5, 5.41) is 21.9. The molecule has 2 heterocycles. The largest absolute Gasteiger partial charge is 0.389 e. The van der Waals surface area contributed by atoms with E-state index in [1.807, 2.05) is 0 Å². The van der Waals surface area contributed by atoms with Crippen LogP contribution in [0.25, 0.3) is 0 Å². The van der Waals surface area contributed by atoms with E-state index in [9.17, 15) is 10.2 Å². The molecule has 4 heteroatoms. The average molecular weight is 325 g/mol. The molecule has 134 valence electrons. The van der Waals surface area contributed by atoms with Gasteiger partial charge >= 0.3 is 0 Å². The minimum atomic E-state index is -0.777. The number of hydrogen-bond acceptors (Lipinski definition) is 4. The molecule has 2 saturated heterocycles. The van der Waals surface area contributed by atoms with Crippen LogP contribution in [0, 0.1) is 0 Å². The van der Waals surface area contributed by atoms with Crippen LogP contribution in [-0.4, -0.2) is 70.5 Å². The Kier molecular flexibility index (Phi) is 6.66. The molecule has 0 aliphatic carbocycles. The first kappa shape index (κ1) is 18.9. The minimum Gasteiger partial charge on any atom is -0.389 e. The predicted octanol–water partition coefficient (Wildman–Crippen LogP) is 2.41. The Bertz CT molecular complexity index is 381. The highest BCUT2D eigenvalue weighted by Crippen LogP contribution is 2.36. The zero-order chi connectivity index (χ0) is 16.9. The summed E-state index contributed by atoms with van der Waals surface area (Å²) in [5.74, 6) is 0. The van der Waals surface area contributed by atoms with Crippen LogP contribution >= 0.6 is 0 Å². The van der Waals surface area contributed by atoms with Crippen molar-refractivity contribution in [2.45, 2.75) is 70.0 Å². The first-order valence-electron chi connectivity index (χ1n) is 9.48. The molecule has 0 aromatic heterocycles. The van der Waals surface area contributed by atoms with Crippen molar-refractivity contribution in [3.8, 4) is 0 Å². The van der Waals surface area contributed by atoms with Crippen molar-refractivity contribution >= 4 is 0 Å². The normalized spacial score (nSPS) is 25.4. The fourth-order valence-electron chi connectivity index (χ4n) is 4.06. The third kappa shape index (κ3) is 5.02. The molecule has 0 bridgehead atoms. The van der Waals surface area contributed by atoms with Crippen LogP contribution in [0.2, 0.25) is 0 Å². The second-order valence-corrected chi connectivity index (χ2v) is 7.72. The lowest BCUT2D eigenvalue weighted by Gasteiger charge is -2.43. The first-order valence-corrected chi connectivity index (χ1v) is 9.48. The van der Waals surface area contributed by atoms with E-state index in [0.29, 0.717) is 6.42 Å². The molecule has 0 unspecified atom stereocenters. The molecule has 23 heavy (non-hydrogen) atoms. The molecule has 0 radical (unpaired) electrons. The Morgan fingerprint density at radius 2 is 1.30 bits per heavy atom. The van der Waals surface area contributed by atoms with Crippen LogP contribution < -0.4 is 0 Å². The van der Waals surface area contributed by atoms with Crippen molar-refractivity contribution in [1.29, 1.82) is 0 Å². The smallest absolute Gasteiger partial charge is 0.0879 e. The van der Waals surface area contributed by atoms with E-state index < -0.39 is 11.2 Å². The molecule has 0 aromatic rings. The highest BCUT2D eigenvalue weighted by atomic mass is 16.3. The molecular formula is C19H36N2O2. The molecule has 2 N–H and O–H groups in total. The fraction of sp³-hybridized carbons (Fsp3) is 0.895. The minimum absolute atomic E-state index is 0.553. The Morgan fingerprint density at radius 3 is 1.74 bits per heavy atom. The van der Waals surface area contributed by atoms with E-state index in [1.54, 1.807) is 0 Å². The molecule has 0 atom stereocenters. The maximum absolute atomic E-state index is 11.0. The fourth-order valence-corrected chi connectivity index (χ4v) is 4.06. The molecule has 0 spiro atoms. The molecule has 0 aromatic carbocycles. The lowest BCUT2D eigenvalue weighted by molar-refractivity contribution is -0.0405. The summed E-state index contributed by atoms with van der Waals surface area (Å²) in [6.07, 6.45) is 5.98. The zero-order valence-electron chi connectivity index (χ0n) is 15.2. The summed E-state index contributed by atoms with van der Waals surface area (Å²) in [5.41, 5.74) is -0.599. The average Bonchev–Trinajstić information content (AvgIpc) is 2.52. The maximum Gasteiger partial charge on any atom is 0.0879 e. The Hall–Kier alpha value is -0.420. The van der Waals surface area contributed by atoms with Gasteiger partial charge in [-0.2, -0.15) is 0 Å². The first-order chi connectivity index (χ1) is 10.9. The highest BCUT2D eigenvalue weighted by Gasteiger charge is 2.40. The van der Waals surface area contributed by atoms with Gasteiger partial charge < -0.3 is 20.0 Å². The predicted molar refractivity (Wildman–Crippen MR) is 95.6 cm³/mol. The van der Waals surface area contributed by atoms with Crippen molar-refractivity contribution in [2.24, 2.45) is 0 Å². The van der Waals surface area contributed by atoms with E-state index in [1.165, 1.54) is 6.42 Å². The summed E-state index contributed by atoms with van der Waals surface area (Å²) in [7, 11) is 0. The summed E-state index contributed by atoms with van der Waals surface area (Å²) >= 11 is 0. The maximum atomic E-state index is 11.0. The van der Waals surface area contributed by atoms with Gasteiger partial charge in [-0.1, -0.05) is 20.4 Å². The van der Waals surface area contributed by atoms with Gasteiger partial charge in [0.2, 0.25) is 0 Å². The van der Waals surface area contributed by atoms with Crippen LogP contribution in [0.15, 0.2) is 12.2 Å². The lowest BCUT2D eigenvalue weighted by atomic mass is 9.76. The van der Waals surface area contributed by atoms with Gasteiger partial charge in [0.15, 0.2) is 0 Å². The van der Waals surface area contributed by atoms with Crippen LogP contribution in [-0.2, 0) is 0 Å². The summed E-state index contributed by atoms with van der Waals surface area (Å²) < 4.78 is 0. The SMILES string of the molecule is C=C(CC1(O)CCN(CCC)CC1)C1(O)CCN(CCC)CC1. The number of nitrogens with zero attached hydrogens (tertiary/aromatic N) is 2. The molecule has 2 aliphatic rings. The Balaban J connectivity index is 1.84. The van der Waals surface area contributed by atoms with Gasteiger partial charge in [-0.05, 0) is 63.6 Å². The number of likely N-dealkylation sites (tertiary alicyclic amines) is 2. The molecule has 0 amide bonds. The summed E-state index contributed by atoms with van der Waals surface area (Å²) in [6.45, 7) is 14.6. The van der Waals surface area contributed by atoms with Gasteiger partial charge in [0.05, 0.1) is 11.2 Å². The van der Waals surface area contributed by atoms with Crippen molar-refractivity contribution in [1.82, 2.24) is 9.80 Å². The quantitative estimate of drug-likeness (QED) is 0.706. The second-order valence-electron chi connectivity index (χ2n) is 7.72. The van der Waals surface area contributed by atoms with Crippen molar-refractivity contribution in [2.75, 3.05) is 39.3 Å². The van der Waals surface area contributed by atoms with E-state index in [-0.39, 0.29) is 0 Å². The van der Waals surface area contributed by atoms with Crippen LogP contribution in [0.3, 0.4) is 0 Å². The molecule has 2 rings (SSSR count). The molecular weight excluding hydrogens is 288 g/mol. The van der Waals surface area contributed by atoms with Gasteiger partial charge in [-0.15, -0.1) is 0 Å². The standard InChI is InChI=1S/C19H36N2O2/c1-4-10-20-12-6-18(22,7-13-20)16-17(3)19(23)8-14-21(11-5-2)15-9-19/h22-23H,3-16H2,1-2H3. The summed E-state index contributed by atoms with van der Waals surface area (Å²) in [4.78, 5) is 4.84. The third-order valence-corrected chi connectivity index (χ3v) is 5.75. The van der Waals surface area contributed by atoms with Gasteiger partial charge in [-0.25, -0.2) is 0 Å². The Morgan fingerprint density at radius 1 is 0.870 bits per heavy atom. The van der Waals surface area contributed by atoms with E-state index in [2.05, 4.69) is 30.2 Å². The van der Waals surface area contributed by atoms with Crippen molar-refractivity contribution < 1.29 is 10.2 Å². The monoisotopic (exact) mass is 324 g/mol. The number of rotatable bonds is 7. The van der Waals surface area contributed by atoms with Gasteiger partial charge in [-0.3, -0.25) is 0 Å². The number of aliphatic hydroxyl groups is 2.